The number of carbonyl (C=O) groups excluding carboxylic acids is 2. The van der Waals surface area contributed by atoms with Gasteiger partial charge in [-0.1, -0.05) is 17.7 Å². The van der Waals surface area contributed by atoms with Crippen LogP contribution in [0, 0.1) is 11.7 Å². The number of para-hydroxylation sites is 1. The van der Waals surface area contributed by atoms with E-state index >= 15 is 0 Å². The summed E-state index contributed by atoms with van der Waals surface area (Å²) in [6, 6.07) is 3.28. The molecule has 108 valence electrons. The largest absolute Gasteiger partial charge is 0.326 e. The first-order valence-electron chi connectivity index (χ1n) is 6.34. The highest BCUT2D eigenvalue weighted by atomic mass is 35.5. The summed E-state index contributed by atoms with van der Waals surface area (Å²) in [6.07, 6.45) is 1.36. The lowest BCUT2D eigenvalue weighted by Crippen LogP contribution is -2.42. The minimum absolute atomic E-state index is 0.0782. The standard InChI is InChI=1S/C13H15ClFN3O2/c14-9-2-1-3-10(15)11(9)17-13(20)18-12(19)8-4-6-16-7-5-8/h1-3,8,16H,4-7H2,(H2,17,18,19,20). The molecule has 1 aliphatic rings. The van der Waals surface area contributed by atoms with Crippen LogP contribution in [0.3, 0.4) is 0 Å². The van der Waals surface area contributed by atoms with Gasteiger partial charge in [0.15, 0.2) is 0 Å². The van der Waals surface area contributed by atoms with Crippen molar-refractivity contribution in [3.63, 3.8) is 0 Å². The number of benzene rings is 1. The van der Waals surface area contributed by atoms with Crippen molar-refractivity contribution in [1.82, 2.24) is 10.6 Å². The second-order valence-corrected chi connectivity index (χ2v) is 4.97. The van der Waals surface area contributed by atoms with Crippen molar-refractivity contribution < 1.29 is 14.0 Å². The fraction of sp³-hybridized carbons (Fsp3) is 0.385. The zero-order valence-electron chi connectivity index (χ0n) is 10.7. The molecular weight excluding hydrogens is 285 g/mol. The number of hydrogen-bond acceptors (Lipinski definition) is 3. The SMILES string of the molecule is O=C(NC(=O)C1CCNCC1)Nc1c(F)cccc1Cl. The number of rotatable bonds is 2. The molecule has 1 aromatic rings. The van der Waals surface area contributed by atoms with E-state index < -0.39 is 11.8 Å². The third kappa shape index (κ3) is 3.68. The molecule has 5 nitrogen and oxygen atoms in total. The third-order valence-corrected chi connectivity index (χ3v) is 3.46. The number of halogens is 2. The molecule has 2 rings (SSSR count). The fourth-order valence-corrected chi connectivity index (χ4v) is 2.27. The van der Waals surface area contributed by atoms with E-state index in [2.05, 4.69) is 16.0 Å². The summed E-state index contributed by atoms with van der Waals surface area (Å²) in [6.45, 7) is 1.50. The molecular formula is C13H15ClFN3O2. The van der Waals surface area contributed by atoms with Crippen LogP contribution in [0.4, 0.5) is 14.9 Å². The molecule has 0 saturated carbocycles. The van der Waals surface area contributed by atoms with Gasteiger partial charge in [0, 0.05) is 5.92 Å². The number of imide groups is 1. The maximum Gasteiger partial charge on any atom is 0.326 e. The fourth-order valence-electron chi connectivity index (χ4n) is 2.06. The lowest BCUT2D eigenvalue weighted by atomic mass is 9.97. The van der Waals surface area contributed by atoms with Crippen molar-refractivity contribution >= 4 is 29.2 Å². The lowest BCUT2D eigenvalue weighted by Gasteiger charge is -2.21. The molecule has 0 spiro atoms. The van der Waals surface area contributed by atoms with E-state index in [0.717, 1.165) is 13.1 Å². The number of hydrogen-bond donors (Lipinski definition) is 3. The van der Waals surface area contributed by atoms with Crippen LogP contribution in [0.2, 0.25) is 5.02 Å². The molecule has 1 fully saturated rings. The Morgan fingerprint density at radius 2 is 2.00 bits per heavy atom. The first-order valence-corrected chi connectivity index (χ1v) is 6.72. The van der Waals surface area contributed by atoms with Crippen LogP contribution < -0.4 is 16.0 Å². The molecule has 1 aliphatic heterocycles. The van der Waals surface area contributed by atoms with Gasteiger partial charge in [-0.25, -0.2) is 9.18 Å². The van der Waals surface area contributed by atoms with Crippen LogP contribution in [-0.2, 0) is 4.79 Å². The molecule has 0 bridgehead atoms. The summed E-state index contributed by atoms with van der Waals surface area (Å²) >= 11 is 5.78. The van der Waals surface area contributed by atoms with Gasteiger partial charge in [-0.3, -0.25) is 10.1 Å². The van der Waals surface area contributed by atoms with Crippen molar-refractivity contribution in [2.24, 2.45) is 5.92 Å². The number of amides is 3. The summed E-state index contributed by atoms with van der Waals surface area (Å²) in [5.74, 6) is -1.20. The quantitative estimate of drug-likeness (QED) is 0.783. The number of urea groups is 1. The molecule has 0 atom stereocenters. The minimum atomic E-state index is -0.777. The Labute approximate surface area is 120 Å². The van der Waals surface area contributed by atoms with Crippen LogP contribution in [-0.4, -0.2) is 25.0 Å². The van der Waals surface area contributed by atoms with E-state index in [0.29, 0.717) is 12.8 Å². The van der Waals surface area contributed by atoms with Gasteiger partial charge in [0.05, 0.1) is 10.7 Å². The van der Waals surface area contributed by atoms with E-state index in [-0.39, 0.29) is 22.5 Å². The summed E-state index contributed by atoms with van der Waals surface area (Å²) < 4.78 is 13.5. The Hall–Kier alpha value is -1.66. The average molecular weight is 300 g/mol. The normalized spacial score (nSPS) is 15.7. The molecule has 3 amide bonds. The Morgan fingerprint density at radius 3 is 2.65 bits per heavy atom. The summed E-state index contributed by atoms with van der Waals surface area (Å²) in [5.41, 5.74) is -0.134. The second-order valence-electron chi connectivity index (χ2n) is 4.56. The molecule has 20 heavy (non-hydrogen) atoms. The Morgan fingerprint density at radius 1 is 1.30 bits per heavy atom. The summed E-state index contributed by atoms with van der Waals surface area (Å²) in [4.78, 5) is 23.5. The third-order valence-electron chi connectivity index (χ3n) is 3.15. The maximum atomic E-state index is 13.5. The predicted octanol–water partition coefficient (Wildman–Crippen LogP) is 2.13. The molecule has 1 saturated heterocycles. The van der Waals surface area contributed by atoms with Crippen LogP contribution in [0.1, 0.15) is 12.8 Å². The highest BCUT2D eigenvalue weighted by Gasteiger charge is 2.23. The predicted molar refractivity (Wildman–Crippen MR) is 74.2 cm³/mol. The van der Waals surface area contributed by atoms with Gasteiger partial charge in [-0.05, 0) is 38.1 Å². The Kier molecular flexibility index (Phi) is 4.92. The van der Waals surface area contributed by atoms with E-state index in [1.165, 1.54) is 18.2 Å². The smallest absolute Gasteiger partial charge is 0.317 e. The van der Waals surface area contributed by atoms with Gasteiger partial charge in [0.2, 0.25) is 5.91 Å². The first-order chi connectivity index (χ1) is 9.58. The van der Waals surface area contributed by atoms with Crippen LogP contribution >= 0.6 is 11.6 Å². The van der Waals surface area contributed by atoms with Gasteiger partial charge in [0.1, 0.15) is 5.82 Å². The monoisotopic (exact) mass is 299 g/mol. The average Bonchev–Trinajstić information content (AvgIpc) is 2.44. The Bertz CT molecular complexity index is 498. The maximum absolute atomic E-state index is 13.5. The zero-order valence-corrected chi connectivity index (χ0v) is 11.5. The molecule has 1 aromatic carbocycles. The molecule has 0 radical (unpaired) electrons. The zero-order chi connectivity index (χ0) is 14.5. The van der Waals surface area contributed by atoms with Crippen molar-refractivity contribution in [2.45, 2.75) is 12.8 Å². The summed E-state index contributed by atoms with van der Waals surface area (Å²) in [7, 11) is 0. The lowest BCUT2D eigenvalue weighted by molar-refractivity contribution is -0.124. The Balaban J connectivity index is 1.93. The topological polar surface area (TPSA) is 70.2 Å². The number of piperidine rings is 1. The second kappa shape index (κ2) is 6.67. The van der Waals surface area contributed by atoms with Gasteiger partial charge < -0.3 is 10.6 Å². The van der Waals surface area contributed by atoms with Crippen LogP contribution in [0.15, 0.2) is 18.2 Å². The molecule has 0 aliphatic carbocycles. The van der Waals surface area contributed by atoms with Gasteiger partial charge in [-0.15, -0.1) is 0 Å². The van der Waals surface area contributed by atoms with E-state index in [1.54, 1.807) is 0 Å². The number of carbonyl (C=O) groups is 2. The first kappa shape index (κ1) is 14.7. The number of anilines is 1. The highest BCUT2D eigenvalue weighted by Crippen LogP contribution is 2.24. The van der Waals surface area contributed by atoms with Crippen molar-refractivity contribution in [3.8, 4) is 0 Å². The van der Waals surface area contributed by atoms with Gasteiger partial charge in [0.25, 0.3) is 0 Å². The van der Waals surface area contributed by atoms with Gasteiger partial charge in [-0.2, -0.15) is 0 Å². The minimum Gasteiger partial charge on any atom is -0.317 e. The van der Waals surface area contributed by atoms with Crippen LogP contribution in [0.25, 0.3) is 0 Å². The van der Waals surface area contributed by atoms with E-state index in [9.17, 15) is 14.0 Å². The highest BCUT2D eigenvalue weighted by molar-refractivity contribution is 6.33. The summed E-state index contributed by atoms with van der Waals surface area (Å²) in [5, 5.41) is 7.67. The molecule has 0 unspecified atom stereocenters. The van der Waals surface area contributed by atoms with Crippen molar-refractivity contribution in [2.75, 3.05) is 18.4 Å². The van der Waals surface area contributed by atoms with E-state index in [1.807, 2.05) is 0 Å². The molecule has 1 heterocycles. The molecule has 7 heteroatoms. The van der Waals surface area contributed by atoms with Gasteiger partial charge >= 0.3 is 6.03 Å². The molecule has 3 N–H and O–H groups in total. The van der Waals surface area contributed by atoms with Crippen molar-refractivity contribution in [1.29, 1.82) is 0 Å². The van der Waals surface area contributed by atoms with Crippen LogP contribution in [0.5, 0.6) is 0 Å². The van der Waals surface area contributed by atoms with Crippen molar-refractivity contribution in [3.05, 3.63) is 29.0 Å². The molecule has 0 aromatic heterocycles. The van der Waals surface area contributed by atoms with E-state index in [4.69, 9.17) is 11.6 Å². The number of nitrogens with one attached hydrogen (secondary N) is 3.